The van der Waals surface area contributed by atoms with E-state index in [0.717, 1.165) is 21.4 Å². The van der Waals surface area contributed by atoms with Crippen molar-refractivity contribution in [3.63, 3.8) is 0 Å². The molecule has 2 fully saturated rings. The smallest absolute Gasteiger partial charge is 0.260 e. The molecule has 0 saturated heterocycles. The zero-order chi connectivity index (χ0) is 18.7. The van der Waals surface area contributed by atoms with Crippen LogP contribution in [0.1, 0.15) is 49.3 Å². The van der Waals surface area contributed by atoms with Gasteiger partial charge in [-0.1, -0.05) is 11.8 Å². The highest BCUT2D eigenvalue weighted by Gasteiger charge is 2.36. The summed E-state index contributed by atoms with van der Waals surface area (Å²) >= 11 is 3.06. The van der Waals surface area contributed by atoms with Crippen molar-refractivity contribution in [3.05, 3.63) is 45.8 Å². The van der Waals surface area contributed by atoms with Crippen molar-refractivity contribution in [2.75, 3.05) is 0 Å². The van der Waals surface area contributed by atoms with Gasteiger partial charge in [0.15, 0.2) is 5.16 Å². The van der Waals surface area contributed by atoms with Crippen molar-refractivity contribution in [2.24, 2.45) is 0 Å². The van der Waals surface area contributed by atoms with E-state index in [2.05, 4.69) is 24.7 Å². The Hall–Kier alpha value is -2.39. The molecule has 4 heterocycles. The summed E-state index contributed by atoms with van der Waals surface area (Å²) in [6.45, 7) is 0. The fourth-order valence-corrected chi connectivity index (χ4v) is 5.32. The number of hydrogen-bond acceptors (Lipinski definition) is 7. The highest BCUT2D eigenvalue weighted by Crippen LogP contribution is 2.46. The van der Waals surface area contributed by atoms with Crippen LogP contribution in [0, 0.1) is 0 Å². The van der Waals surface area contributed by atoms with Crippen LogP contribution in [0.5, 0.6) is 0 Å². The van der Waals surface area contributed by atoms with Crippen molar-refractivity contribution in [1.29, 1.82) is 0 Å². The number of fused-ring (bicyclic) bond motifs is 1. The highest BCUT2D eigenvalue weighted by atomic mass is 32.2. The number of nitrogens with one attached hydrogen (secondary N) is 1. The van der Waals surface area contributed by atoms with E-state index in [-0.39, 0.29) is 5.56 Å². The fraction of sp³-hybridized carbons (Fsp3) is 0.368. The summed E-state index contributed by atoms with van der Waals surface area (Å²) in [5, 5.41) is 12.3. The zero-order valence-electron chi connectivity index (χ0n) is 14.9. The molecule has 0 aliphatic heterocycles. The Labute approximate surface area is 168 Å². The van der Waals surface area contributed by atoms with Gasteiger partial charge in [0.05, 0.1) is 17.4 Å². The lowest BCUT2D eigenvalue weighted by atomic mass is 10.2. The van der Waals surface area contributed by atoms with E-state index >= 15 is 0 Å². The lowest BCUT2D eigenvalue weighted by Crippen LogP contribution is -2.11. The van der Waals surface area contributed by atoms with Crippen LogP contribution in [-0.2, 0) is 5.75 Å². The molecule has 9 heteroatoms. The molecule has 6 rings (SSSR count). The topological polar surface area (TPSA) is 89.6 Å². The number of furan rings is 1. The number of hydrogen-bond donors (Lipinski definition) is 1. The lowest BCUT2D eigenvalue weighted by Gasteiger charge is -2.07. The van der Waals surface area contributed by atoms with Gasteiger partial charge in [-0.25, -0.2) is 4.98 Å². The first-order chi connectivity index (χ1) is 13.8. The monoisotopic (exact) mass is 411 g/mol. The molecule has 2 saturated carbocycles. The van der Waals surface area contributed by atoms with Gasteiger partial charge in [-0.2, -0.15) is 0 Å². The minimum Gasteiger partial charge on any atom is -0.464 e. The largest absolute Gasteiger partial charge is 0.464 e. The summed E-state index contributed by atoms with van der Waals surface area (Å²) in [7, 11) is 0. The molecular weight excluding hydrogens is 394 g/mol. The maximum absolute atomic E-state index is 12.7. The number of nitrogens with zero attached hydrogens (tertiary/aromatic N) is 4. The van der Waals surface area contributed by atoms with E-state index in [4.69, 9.17) is 4.42 Å². The Balaban J connectivity index is 1.29. The van der Waals surface area contributed by atoms with Crippen molar-refractivity contribution >= 4 is 33.3 Å². The maximum atomic E-state index is 12.7. The van der Waals surface area contributed by atoms with E-state index in [1.165, 1.54) is 37.0 Å². The van der Waals surface area contributed by atoms with Crippen LogP contribution in [0.2, 0.25) is 0 Å². The van der Waals surface area contributed by atoms with Crippen LogP contribution in [0.25, 0.3) is 21.5 Å². The van der Waals surface area contributed by atoms with Crippen LogP contribution in [0.4, 0.5) is 0 Å². The third-order valence-corrected chi connectivity index (χ3v) is 6.99. The van der Waals surface area contributed by atoms with Crippen LogP contribution in [0.15, 0.2) is 38.1 Å². The molecule has 0 spiro atoms. The van der Waals surface area contributed by atoms with Gasteiger partial charge in [0.1, 0.15) is 22.2 Å². The number of aromatic nitrogens is 5. The van der Waals surface area contributed by atoms with Crippen LogP contribution < -0.4 is 5.56 Å². The molecule has 0 amide bonds. The molecule has 1 N–H and O–H groups in total. The molecule has 142 valence electrons. The van der Waals surface area contributed by atoms with Crippen LogP contribution in [0.3, 0.4) is 0 Å². The SMILES string of the molecule is O=c1[nH]c(CSc2nnc(C3CC3)n2C2CC2)nc2scc(-c3ccco3)c12. The summed E-state index contributed by atoms with van der Waals surface area (Å²) < 4.78 is 7.77. The molecule has 0 bridgehead atoms. The van der Waals surface area contributed by atoms with Crippen LogP contribution in [-0.4, -0.2) is 24.7 Å². The third-order valence-electron chi connectivity index (χ3n) is 5.16. The molecule has 2 aliphatic rings. The fourth-order valence-electron chi connectivity index (χ4n) is 3.49. The molecular formula is C19H17N5O2S2. The quantitative estimate of drug-likeness (QED) is 0.475. The van der Waals surface area contributed by atoms with Crippen LogP contribution >= 0.6 is 23.1 Å². The molecule has 4 aromatic rings. The number of H-pyrrole nitrogens is 1. The van der Waals surface area contributed by atoms with Gasteiger partial charge in [0.25, 0.3) is 5.56 Å². The molecule has 4 aromatic heterocycles. The van der Waals surface area contributed by atoms with E-state index < -0.39 is 0 Å². The van der Waals surface area contributed by atoms with Gasteiger partial charge < -0.3 is 14.0 Å². The summed E-state index contributed by atoms with van der Waals surface area (Å²) in [6.07, 6.45) is 6.46. The minimum atomic E-state index is -0.129. The average molecular weight is 412 g/mol. The zero-order valence-corrected chi connectivity index (χ0v) is 16.6. The average Bonchev–Trinajstić information content (AvgIpc) is 3.57. The maximum Gasteiger partial charge on any atom is 0.260 e. The lowest BCUT2D eigenvalue weighted by molar-refractivity contribution is 0.583. The molecule has 2 aliphatic carbocycles. The first kappa shape index (κ1) is 16.6. The van der Waals surface area contributed by atoms with E-state index in [9.17, 15) is 4.79 Å². The third kappa shape index (κ3) is 2.80. The predicted molar refractivity (Wildman–Crippen MR) is 108 cm³/mol. The first-order valence-electron chi connectivity index (χ1n) is 9.40. The Bertz CT molecular complexity index is 1220. The van der Waals surface area contributed by atoms with E-state index in [0.29, 0.717) is 34.7 Å². The molecule has 0 aromatic carbocycles. The predicted octanol–water partition coefficient (Wildman–Crippen LogP) is 4.34. The Morgan fingerprint density at radius 1 is 1.29 bits per heavy atom. The van der Waals surface area contributed by atoms with E-state index in [1.807, 2.05) is 17.5 Å². The molecule has 7 nitrogen and oxygen atoms in total. The second-order valence-electron chi connectivity index (χ2n) is 7.32. The number of thiophene rings is 1. The summed E-state index contributed by atoms with van der Waals surface area (Å²) in [5.41, 5.74) is 0.663. The summed E-state index contributed by atoms with van der Waals surface area (Å²) in [4.78, 5) is 21.0. The van der Waals surface area contributed by atoms with Gasteiger partial charge in [0, 0.05) is 22.9 Å². The summed E-state index contributed by atoms with van der Waals surface area (Å²) in [5.74, 6) is 3.64. The van der Waals surface area contributed by atoms with Gasteiger partial charge in [0.2, 0.25) is 0 Å². The first-order valence-corrected chi connectivity index (χ1v) is 11.3. The minimum absolute atomic E-state index is 0.129. The molecule has 28 heavy (non-hydrogen) atoms. The van der Waals surface area contributed by atoms with Crippen molar-refractivity contribution in [2.45, 2.75) is 48.6 Å². The van der Waals surface area contributed by atoms with Gasteiger partial charge in [-0.05, 0) is 37.8 Å². The van der Waals surface area contributed by atoms with Crippen molar-refractivity contribution < 1.29 is 4.42 Å². The Morgan fingerprint density at radius 2 is 2.18 bits per heavy atom. The Kier molecular flexibility index (Phi) is 3.73. The number of thioether (sulfide) groups is 1. The van der Waals surface area contributed by atoms with Gasteiger partial charge in [-0.3, -0.25) is 4.79 Å². The Morgan fingerprint density at radius 3 is 2.93 bits per heavy atom. The second kappa shape index (κ2) is 6.31. The standard InChI is InChI=1S/C19H17N5O2S2/c25-17-15-12(13-2-1-7-26-13)8-27-18(15)21-14(20-17)9-28-19-23-22-16(10-3-4-10)24(19)11-5-6-11/h1-2,7-8,10-11H,3-6,9H2,(H,20,21,25). The molecule has 0 unspecified atom stereocenters. The number of rotatable bonds is 6. The number of aromatic amines is 1. The normalized spacial score (nSPS) is 16.9. The second-order valence-corrected chi connectivity index (χ2v) is 9.12. The van der Waals surface area contributed by atoms with Gasteiger partial charge in [-0.15, -0.1) is 21.5 Å². The van der Waals surface area contributed by atoms with Crippen molar-refractivity contribution in [3.8, 4) is 11.3 Å². The van der Waals surface area contributed by atoms with Crippen molar-refractivity contribution in [1.82, 2.24) is 24.7 Å². The molecule has 0 radical (unpaired) electrons. The van der Waals surface area contributed by atoms with E-state index in [1.54, 1.807) is 18.0 Å². The summed E-state index contributed by atoms with van der Waals surface area (Å²) in [6, 6.07) is 4.22. The molecule has 0 atom stereocenters. The van der Waals surface area contributed by atoms with Gasteiger partial charge >= 0.3 is 0 Å². The highest BCUT2D eigenvalue weighted by molar-refractivity contribution is 7.98.